The van der Waals surface area contributed by atoms with Gasteiger partial charge in [-0.2, -0.15) is 5.10 Å². The van der Waals surface area contributed by atoms with Gasteiger partial charge in [-0.15, -0.1) is 11.3 Å². The third-order valence-corrected chi connectivity index (χ3v) is 6.03. The average molecular weight is 354 g/mol. The molecule has 1 aromatic carbocycles. The number of anilines is 1. The highest BCUT2D eigenvalue weighted by molar-refractivity contribution is 7.09. The Kier molecular flexibility index (Phi) is 4.29. The summed E-state index contributed by atoms with van der Waals surface area (Å²) in [6, 6.07) is 7.72. The minimum atomic E-state index is -0.291. The number of hydrogen-bond donors (Lipinski definition) is 1. The third-order valence-electron chi connectivity index (χ3n) is 5.06. The van der Waals surface area contributed by atoms with Crippen LogP contribution in [0, 0.1) is 0 Å². The summed E-state index contributed by atoms with van der Waals surface area (Å²) in [5.41, 5.74) is 2.57. The fourth-order valence-corrected chi connectivity index (χ4v) is 4.52. The quantitative estimate of drug-likeness (QED) is 0.905. The molecule has 0 saturated heterocycles. The predicted octanol–water partition coefficient (Wildman–Crippen LogP) is 3.93. The Bertz CT molecular complexity index is 776. The number of nitrogens with zero attached hydrogens (tertiary/aromatic N) is 3. The summed E-state index contributed by atoms with van der Waals surface area (Å²) in [4.78, 5) is 17.3. The molecule has 1 aliphatic carbocycles. The van der Waals surface area contributed by atoms with Gasteiger partial charge in [0.2, 0.25) is 0 Å². The topological polar surface area (TPSA) is 57.6 Å². The summed E-state index contributed by atoms with van der Waals surface area (Å²) in [5.74, 6) is -0.0234. The number of carbonyl (C=O) groups is 1. The minimum absolute atomic E-state index is 0.0234. The zero-order valence-corrected chi connectivity index (χ0v) is 15.2. The van der Waals surface area contributed by atoms with Crippen molar-refractivity contribution in [3.05, 3.63) is 46.4 Å². The first kappa shape index (κ1) is 16.3. The number of carbonyl (C=O) groups excluding carboxylic acids is 1. The van der Waals surface area contributed by atoms with Crippen molar-refractivity contribution >= 4 is 28.6 Å². The van der Waals surface area contributed by atoms with E-state index in [4.69, 9.17) is 0 Å². The Morgan fingerprint density at radius 3 is 2.60 bits per heavy atom. The van der Waals surface area contributed by atoms with Crippen LogP contribution >= 0.6 is 11.3 Å². The van der Waals surface area contributed by atoms with Gasteiger partial charge in [0.25, 0.3) is 5.91 Å². The van der Waals surface area contributed by atoms with Gasteiger partial charge < -0.3 is 5.32 Å². The van der Waals surface area contributed by atoms with E-state index in [1.165, 1.54) is 0 Å². The molecule has 0 bridgehead atoms. The smallest absolute Gasteiger partial charge is 0.252 e. The number of hydrogen-bond acceptors (Lipinski definition) is 5. The van der Waals surface area contributed by atoms with Gasteiger partial charge in [0, 0.05) is 35.8 Å². The maximum absolute atomic E-state index is 12.8. The first-order chi connectivity index (χ1) is 12.2. The lowest BCUT2D eigenvalue weighted by Crippen LogP contribution is -2.43. The number of amides is 1. The number of thiazole rings is 1. The molecule has 0 radical (unpaired) electrons. The van der Waals surface area contributed by atoms with Crippen molar-refractivity contribution in [3.8, 4) is 0 Å². The van der Waals surface area contributed by atoms with E-state index in [0.29, 0.717) is 5.56 Å². The molecule has 5 nitrogen and oxygen atoms in total. The highest BCUT2D eigenvalue weighted by Crippen LogP contribution is 2.39. The summed E-state index contributed by atoms with van der Waals surface area (Å²) < 4.78 is 0. The SMILES string of the molecule is CC1=NN(c2ccc(C(=O)NC3(c4nccs4)CCCC3)cc2)CC1. The second-order valence-electron chi connectivity index (χ2n) is 6.84. The lowest BCUT2D eigenvalue weighted by Gasteiger charge is -2.28. The minimum Gasteiger partial charge on any atom is -0.340 e. The molecule has 2 aliphatic rings. The highest BCUT2D eigenvalue weighted by atomic mass is 32.1. The van der Waals surface area contributed by atoms with Gasteiger partial charge in [0.05, 0.1) is 11.2 Å². The summed E-state index contributed by atoms with van der Waals surface area (Å²) in [6.07, 6.45) is 7.01. The van der Waals surface area contributed by atoms with Gasteiger partial charge in [0.15, 0.2) is 0 Å². The van der Waals surface area contributed by atoms with E-state index in [0.717, 1.165) is 55.1 Å². The van der Waals surface area contributed by atoms with Gasteiger partial charge >= 0.3 is 0 Å². The average Bonchev–Trinajstić information content (AvgIpc) is 3.37. The Labute approximate surface area is 151 Å². The van der Waals surface area contributed by atoms with E-state index < -0.39 is 0 Å². The fraction of sp³-hybridized carbons (Fsp3) is 0.421. The van der Waals surface area contributed by atoms with Crippen molar-refractivity contribution in [2.45, 2.75) is 44.6 Å². The van der Waals surface area contributed by atoms with Crippen molar-refractivity contribution in [1.29, 1.82) is 0 Å². The van der Waals surface area contributed by atoms with Crippen LogP contribution in [0.25, 0.3) is 0 Å². The van der Waals surface area contributed by atoms with Gasteiger partial charge in [-0.1, -0.05) is 12.8 Å². The van der Waals surface area contributed by atoms with E-state index in [9.17, 15) is 4.79 Å². The van der Waals surface area contributed by atoms with Crippen LogP contribution in [0.1, 0.15) is 54.4 Å². The van der Waals surface area contributed by atoms with Crippen LogP contribution in [0.4, 0.5) is 5.69 Å². The molecule has 130 valence electrons. The standard InChI is InChI=1S/C19H22N4OS/c1-14-8-12-23(22-14)16-6-4-15(5-7-16)17(24)21-19(9-2-3-10-19)18-20-11-13-25-18/h4-7,11,13H,2-3,8-10,12H2,1H3,(H,21,24). The molecule has 4 rings (SSSR count). The molecule has 1 N–H and O–H groups in total. The van der Waals surface area contributed by atoms with E-state index in [1.807, 2.05) is 47.8 Å². The molecule has 1 amide bonds. The molecular formula is C19H22N4OS. The first-order valence-corrected chi connectivity index (χ1v) is 9.68. The van der Waals surface area contributed by atoms with Gasteiger partial charge in [0.1, 0.15) is 5.01 Å². The zero-order valence-electron chi connectivity index (χ0n) is 14.4. The maximum Gasteiger partial charge on any atom is 0.252 e. The lowest BCUT2D eigenvalue weighted by atomic mass is 9.97. The highest BCUT2D eigenvalue weighted by Gasteiger charge is 2.39. The molecule has 1 saturated carbocycles. The Morgan fingerprint density at radius 1 is 1.24 bits per heavy atom. The number of aromatic nitrogens is 1. The van der Waals surface area contributed by atoms with Crippen LogP contribution in [-0.2, 0) is 5.54 Å². The number of nitrogens with one attached hydrogen (secondary N) is 1. The van der Waals surface area contributed by atoms with E-state index in [1.54, 1.807) is 11.3 Å². The van der Waals surface area contributed by atoms with Crippen LogP contribution in [0.15, 0.2) is 40.9 Å². The summed E-state index contributed by atoms with van der Waals surface area (Å²) >= 11 is 1.63. The summed E-state index contributed by atoms with van der Waals surface area (Å²) in [5, 5.41) is 12.8. The number of rotatable bonds is 4. The van der Waals surface area contributed by atoms with Crippen molar-refractivity contribution in [1.82, 2.24) is 10.3 Å². The van der Waals surface area contributed by atoms with E-state index >= 15 is 0 Å². The maximum atomic E-state index is 12.8. The fourth-order valence-electron chi connectivity index (χ4n) is 3.67. The lowest BCUT2D eigenvalue weighted by molar-refractivity contribution is 0.0898. The second-order valence-corrected chi connectivity index (χ2v) is 7.73. The van der Waals surface area contributed by atoms with E-state index in [-0.39, 0.29) is 11.4 Å². The molecule has 2 heterocycles. The van der Waals surface area contributed by atoms with Crippen LogP contribution in [0.2, 0.25) is 0 Å². The van der Waals surface area contributed by atoms with E-state index in [2.05, 4.69) is 15.4 Å². The van der Waals surface area contributed by atoms with Gasteiger partial charge in [-0.3, -0.25) is 9.80 Å². The normalized spacial score (nSPS) is 19.1. The molecule has 0 unspecified atom stereocenters. The van der Waals surface area contributed by atoms with Crippen LogP contribution < -0.4 is 10.3 Å². The molecule has 1 aliphatic heterocycles. The second kappa shape index (κ2) is 6.59. The van der Waals surface area contributed by atoms with Crippen molar-refractivity contribution in [3.63, 3.8) is 0 Å². The number of benzene rings is 1. The first-order valence-electron chi connectivity index (χ1n) is 8.80. The Balaban J connectivity index is 1.51. The van der Waals surface area contributed by atoms with Crippen molar-refractivity contribution in [2.75, 3.05) is 11.6 Å². The zero-order chi connectivity index (χ0) is 17.3. The molecular weight excluding hydrogens is 332 g/mol. The summed E-state index contributed by atoms with van der Waals surface area (Å²) in [6.45, 7) is 2.95. The molecule has 25 heavy (non-hydrogen) atoms. The molecule has 1 fully saturated rings. The molecule has 0 atom stereocenters. The van der Waals surface area contributed by atoms with Gasteiger partial charge in [-0.25, -0.2) is 4.98 Å². The Morgan fingerprint density at radius 2 is 2.00 bits per heavy atom. The van der Waals surface area contributed by atoms with Crippen molar-refractivity contribution < 1.29 is 4.79 Å². The Hall–Kier alpha value is -2.21. The van der Waals surface area contributed by atoms with Crippen LogP contribution in [-0.4, -0.2) is 23.1 Å². The number of hydrazone groups is 1. The van der Waals surface area contributed by atoms with Crippen LogP contribution in [0.3, 0.4) is 0 Å². The molecule has 1 aromatic heterocycles. The summed E-state index contributed by atoms with van der Waals surface area (Å²) in [7, 11) is 0. The van der Waals surface area contributed by atoms with Crippen molar-refractivity contribution in [2.24, 2.45) is 5.10 Å². The molecule has 2 aromatic rings. The third kappa shape index (κ3) is 3.18. The largest absolute Gasteiger partial charge is 0.340 e. The van der Waals surface area contributed by atoms with Gasteiger partial charge in [-0.05, 0) is 44.0 Å². The molecule has 6 heteroatoms. The monoisotopic (exact) mass is 354 g/mol. The molecule has 0 spiro atoms. The predicted molar refractivity (Wildman–Crippen MR) is 101 cm³/mol. The van der Waals surface area contributed by atoms with Crippen LogP contribution in [0.5, 0.6) is 0 Å².